The number of hydrogen-bond donors (Lipinski definition) is 0. The highest BCUT2D eigenvalue weighted by atomic mass is 32.2. The van der Waals surface area contributed by atoms with Gasteiger partial charge in [-0.05, 0) is 37.3 Å². The number of halogens is 1. The summed E-state index contributed by atoms with van der Waals surface area (Å²) in [5, 5.41) is 0. The zero-order valence-corrected chi connectivity index (χ0v) is 13.8. The third-order valence-electron chi connectivity index (χ3n) is 3.50. The van der Waals surface area contributed by atoms with Crippen LogP contribution in [0.15, 0.2) is 53.4 Å². The van der Waals surface area contributed by atoms with Crippen molar-refractivity contribution in [1.29, 1.82) is 0 Å². The summed E-state index contributed by atoms with van der Waals surface area (Å²) in [5.41, 5.74) is 0.488. The van der Waals surface area contributed by atoms with E-state index in [1.165, 1.54) is 29.2 Å². The number of anilines is 1. The van der Waals surface area contributed by atoms with Crippen molar-refractivity contribution in [2.75, 3.05) is 17.2 Å². The molecular formula is C17H18FNO3S. The van der Waals surface area contributed by atoms with Crippen LogP contribution in [0, 0.1) is 5.82 Å². The Kier molecular flexibility index (Phi) is 5.15. The average Bonchev–Trinajstić information content (AvgIpc) is 2.56. The number of sulfone groups is 1. The summed E-state index contributed by atoms with van der Waals surface area (Å²) in [4.78, 5) is 14.1. The number of benzene rings is 2. The molecule has 4 nitrogen and oxygen atoms in total. The van der Waals surface area contributed by atoms with Crippen molar-refractivity contribution >= 4 is 21.4 Å². The van der Waals surface area contributed by atoms with E-state index >= 15 is 0 Å². The van der Waals surface area contributed by atoms with Crippen molar-refractivity contribution in [3.05, 3.63) is 59.9 Å². The molecule has 0 atom stereocenters. The Morgan fingerprint density at radius 2 is 1.78 bits per heavy atom. The van der Waals surface area contributed by atoms with Crippen LogP contribution in [-0.4, -0.2) is 26.6 Å². The van der Waals surface area contributed by atoms with Gasteiger partial charge < -0.3 is 4.90 Å². The second kappa shape index (κ2) is 6.91. The summed E-state index contributed by atoms with van der Waals surface area (Å²) in [6, 6.07) is 11.7. The summed E-state index contributed by atoms with van der Waals surface area (Å²) in [6.45, 7) is 3.56. The first-order valence-electron chi connectivity index (χ1n) is 7.30. The van der Waals surface area contributed by atoms with E-state index in [1.807, 2.05) is 0 Å². The topological polar surface area (TPSA) is 54.5 Å². The average molecular weight is 335 g/mol. The van der Waals surface area contributed by atoms with Gasteiger partial charge in [-0.3, -0.25) is 4.79 Å². The first-order valence-corrected chi connectivity index (χ1v) is 8.95. The molecule has 0 fully saturated rings. The molecule has 2 aromatic carbocycles. The van der Waals surface area contributed by atoms with Crippen molar-refractivity contribution in [1.82, 2.24) is 0 Å². The first-order chi connectivity index (χ1) is 10.9. The van der Waals surface area contributed by atoms with Crippen LogP contribution in [0.5, 0.6) is 0 Å². The molecule has 0 unspecified atom stereocenters. The highest BCUT2D eigenvalue weighted by Gasteiger charge is 2.24. The molecule has 6 heteroatoms. The Hall–Kier alpha value is -2.21. The van der Waals surface area contributed by atoms with E-state index in [0.717, 1.165) is 6.07 Å². The van der Waals surface area contributed by atoms with Crippen molar-refractivity contribution in [3.8, 4) is 0 Å². The Bertz CT molecular complexity index is 818. The van der Waals surface area contributed by atoms with Crippen LogP contribution in [0.1, 0.15) is 24.2 Å². The summed E-state index contributed by atoms with van der Waals surface area (Å²) in [7, 11) is -3.48. The van der Waals surface area contributed by atoms with E-state index in [0.29, 0.717) is 5.69 Å². The Morgan fingerprint density at radius 3 is 2.39 bits per heavy atom. The van der Waals surface area contributed by atoms with E-state index < -0.39 is 21.6 Å². The maximum Gasteiger partial charge on any atom is 0.258 e. The Labute approximate surface area is 135 Å². The highest BCUT2D eigenvalue weighted by Crippen LogP contribution is 2.27. The lowest BCUT2D eigenvalue weighted by molar-refractivity contribution is 0.0987. The predicted molar refractivity (Wildman–Crippen MR) is 87.9 cm³/mol. The normalized spacial score (nSPS) is 11.3. The molecule has 2 rings (SSSR count). The summed E-state index contributed by atoms with van der Waals surface area (Å²) in [5.74, 6) is -1.01. The molecule has 0 saturated carbocycles. The number of carbonyl (C=O) groups excluding carboxylic acids is 1. The van der Waals surface area contributed by atoms with Gasteiger partial charge in [0, 0.05) is 12.1 Å². The van der Waals surface area contributed by atoms with Crippen molar-refractivity contribution in [2.24, 2.45) is 0 Å². The van der Waals surface area contributed by atoms with Crippen LogP contribution >= 0.6 is 0 Å². The van der Waals surface area contributed by atoms with Crippen LogP contribution in [0.25, 0.3) is 0 Å². The number of rotatable bonds is 5. The van der Waals surface area contributed by atoms with Gasteiger partial charge in [-0.1, -0.05) is 25.1 Å². The lowest BCUT2D eigenvalue weighted by Gasteiger charge is -2.23. The number of para-hydroxylation sites is 1. The van der Waals surface area contributed by atoms with Gasteiger partial charge in [-0.25, -0.2) is 12.8 Å². The molecule has 0 saturated heterocycles. The smallest absolute Gasteiger partial charge is 0.258 e. The second-order valence-corrected chi connectivity index (χ2v) is 7.18. The van der Waals surface area contributed by atoms with Crippen molar-refractivity contribution in [3.63, 3.8) is 0 Å². The van der Waals surface area contributed by atoms with Crippen LogP contribution in [0.3, 0.4) is 0 Å². The first kappa shape index (κ1) is 17.1. The third kappa shape index (κ3) is 3.59. The van der Waals surface area contributed by atoms with Crippen LogP contribution in [0.2, 0.25) is 0 Å². The van der Waals surface area contributed by atoms with Gasteiger partial charge in [0.05, 0.1) is 16.3 Å². The molecule has 0 aliphatic rings. The van der Waals surface area contributed by atoms with Crippen LogP contribution in [-0.2, 0) is 9.84 Å². The molecule has 0 aromatic heterocycles. The molecule has 0 heterocycles. The summed E-state index contributed by atoms with van der Waals surface area (Å²) < 4.78 is 37.9. The Morgan fingerprint density at radius 1 is 1.09 bits per heavy atom. The lowest BCUT2D eigenvalue weighted by atomic mass is 10.1. The van der Waals surface area contributed by atoms with E-state index in [2.05, 4.69) is 0 Å². The minimum Gasteiger partial charge on any atom is -0.307 e. The molecule has 0 aliphatic heterocycles. The maximum absolute atomic E-state index is 13.4. The predicted octanol–water partition coefficient (Wildman–Crippen LogP) is 3.29. The number of nitrogens with zero attached hydrogens (tertiary/aromatic N) is 1. The van der Waals surface area contributed by atoms with Crippen LogP contribution < -0.4 is 4.90 Å². The lowest BCUT2D eigenvalue weighted by Crippen LogP contribution is -2.32. The Balaban J connectivity index is 2.53. The number of hydrogen-bond acceptors (Lipinski definition) is 3. The fourth-order valence-electron chi connectivity index (χ4n) is 2.30. The number of carbonyl (C=O) groups is 1. The van der Waals surface area contributed by atoms with Crippen molar-refractivity contribution < 1.29 is 17.6 Å². The summed E-state index contributed by atoms with van der Waals surface area (Å²) in [6.07, 6.45) is 0. The molecule has 1 amide bonds. The quantitative estimate of drug-likeness (QED) is 0.842. The zero-order chi connectivity index (χ0) is 17.0. The van der Waals surface area contributed by atoms with E-state index in [4.69, 9.17) is 0 Å². The zero-order valence-electron chi connectivity index (χ0n) is 13.0. The van der Waals surface area contributed by atoms with Gasteiger partial charge in [-0.15, -0.1) is 0 Å². The van der Waals surface area contributed by atoms with E-state index in [-0.39, 0.29) is 22.8 Å². The van der Waals surface area contributed by atoms with E-state index in [9.17, 15) is 17.6 Å². The molecule has 2 aromatic rings. The maximum atomic E-state index is 13.4. The largest absolute Gasteiger partial charge is 0.307 e. The SMILES string of the molecule is CCN(C(=O)c1cccc(F)c1)c1ccccc1S(=O)(=O)CC. The van der Waals surface area contributed by atoms with Gasteiger partial charge in [-0.2, -0.15) is 0 Å². The molecule has 0 N–H and O–H groups in total. The van der Waals surface area contributed by atoms with Crippen LogP contribution in [0.4, 0.5) is 10.1 Å². The second-order valence-electron chi connectivity index (χ2n) is 4.93. The monoisotopic (exact) mass is 335 g/mol. The fourth-order valence-corrected chi connectivity index (χ4v) is 3.39. The van der Waals surface area contributed by atoms with Gasteiger partial charge in [0.1, 0.15) is 5.82 Å². The molecule has 0 aliphatic carbocycles. The summed E-state index contributed by atoms with van der Waals surface area (Å²) >= 11 is 0. The highest BCUT2D eigenvalue weighted by molar-refractivity contribution is 7.91. The van der Waals surface area contributed by atoms with Crippen molar-refractivity contribution in [2.45, 2.75) is 18.7 Å². The minimum atomic E-state index is -3.48. The van der Waals surface area contributed by atoms with E-state index in [1.54, 1.807) is 32.0 Å². The third-order valence-corrected chi connectivity index (χ3v) is 5.28. The molecule has 0 spiro atoms. The minimum absolute atomic E-state index is 0.0598. The number of amides is 1. The van der Waals surface area contributed by atoms with Gasteiger partial charge in [0.15, 0.2) is 9.84 Å². The molecule has 23 heavy (non-hydrogen) atoms. The van der Waals surface area contributed by atoms with Gasteiger partial charge >= 0.3 is 0 Å². The molecule has 0 bridgehead atoms. The van der Waals surface area contributed by atoms with Gasteiger partial charge in [0.2, 0.25) is 0 Å². The molecule has 0 radical (unpaired) electrons. The standard InChI is InChI=1S/C17H18FNO3S/c1-3-19(17(20)13-8-7-9-14(18)12-13)15-10-5-6-11-16(15)23(21,22)4-2/h5-12H,3-4H2,1-2H3. The fraction of sp³-hybridized carbons (Fsp3) is 0.235. The molecular weight excluding hydrogens is 317 g/mol. The van der Waals surface area contributed by atoms with Gasteiger partial charge in [0.25, 0.3) is 5.91 Å². The molecule has 122 valence electrons.